The van der Waals surface area contributed by atoms with Crippen molar-refractivity contribution in [1.82, 2.24) is 15.0 Å². The van der Waals surface area contributed by atoms with Crippen molar-refractivity contribution >= 4 is 50.2 Å². The minimum Gasteiger partial charge on any atom is -0.490 e. The van der Waals surface area contributed by atoms with Gasteiger partial charge in [0.1, 0.15) is 21.1 Å². The summed E-state index contributed by atoms with van der Waals surface area (Å²) < 4.78 is 31.7. The average Bonchev–Trinajstić information content (AvgIpc) is 3.21. The summed E-state index contributed by atoms with van der Waals surface area (Å²) in [5, 5.41) is 0.522. The van der Waals surface area contributed by atoms with Crippen LogP contribution in [0.15, 0.2) is 24.4 Å². The molecular weight excluding hydrogens is 493 g/mol. The van der Waals surface area contributed by atoms with E-state index >= 15 is 0 Å². The van der Waals surface area contributed by atoms with Crippen molar-refractivity contribution in [2.24, 2.45) is 0 Å². The Morgan fingerprint density at radius 2 is 1.94 bits per heavy atom. The van der Waals surface area contributed by atoms with Crippen LogP contribution in [0.4, 0.5) is 4.39 Å². The van der Waals surface area contributed by atoms with E-state index < -0.39 is 11.4 Å². The normalized spacial score (nSPS) is 11.7. The van der Waals surface area contributed by atoms with Gasteiger partial charge in [-0.25, -0.2) is 19.3 Å². The van der Waals surface area contributed by atoms with Gasteiger partial charge in [-0.1, -0.05) is 11.6 Å². The van der Waals surface area contributed by atoms with Gasteiger partial charge in [0, 0.05) is 18.1 Å². The fourth-order valence-corrected chi connectivity index (χ4v) is 4.82. The molecule has 0 aliphatic heterocycles. The number of carbonyl (C=O) groups is 1. The van der Waals surface area contributed by atoms with Crippen LogP contribution in [0.2, 0.25) is 5.02 Å². The van der Waals surface area contributed by atoms with Crippen LogP contribution in [0.3, 0.4) is 0 Å². The van der Waals surface area contributed by atoms with Crippen molar-refractivity contribution in [1.29, 1.82) is 0 Å². The van der Waals surface area contributed by atoms with E-state index in [1.807, 2.05) is 19.1 Å². The number of aryl methyl sites for hydroxylation is 1. The standard InChI is InChI=1S/C25H25ClFN3O4S/c1-13-9-14(22-15(10-13)29-18(32-5)12-28-22)24-30-23-17(35-24)11-16(21(27)20(23)26)33-8-6-7-19(31)34-25(2,3)4/h9-12H,6-8H2,1-5H3. The quantitative estimate of drug-likeness (QED) is 0.204. The lowest BCUT2D eigenvalue weighted by atomic mass is 10.1. The second-order valence-corrected chi connectivity index (χ2v) is 10.4. The maximum atomic E-state index is 14.9. The molecule has 0 saturated carbocycles. The number of rotatable bonds is 7. The van der Waals surface area contributed by atoms with E-state index in [1.165, 1.54) is 18.4 Å². The number of carbonyl (C=O) groups excluding carboxylic acids is 1. The molecule has 0 aliphatic rings. The van der Waals surface area contributed by atoms with Gasteiger partial charge in [-0.15, -0.1) is 11.3 Å². The lowest BCUT2D eigenvalue weighted by molar-refractivity contribution is -0.155. The van der Waals surface area contributed by atoms with Crippen LogP contribution < -0.4 is 9.47 Å². The molecule has 2 heterocycles. The average molecular weight is 518 g/mol. The van der Waals surface area contributed by atoms with Gasteiger partial charge in [0.05, 0.1) is 35.6 Å². The molecule has 0 amide bonds. The van der Waals surface area contributed by atoms with Crippen molar-refractivity contribution in [2.45, 2.75) is 46.1 Å². The van der Waals surface area contributed by atoms with Crippen LogP contribution in [-0.2, 0) is 9.53 Å². The molecule has 35 heavy (non-hydrogen) atoms. The van der Waals surface area contributed by atoms with Crippen LogP contribution in [-0.4, -0.2) is 40.2 Å². The van der Waals surface area contributed by atoms with Crippen LogP contribution in [0.5, 0.6) is 11.6 Å². The minimum atomic E-state index is -0.688. The molecule has 0 aliphatic carbocycles. The first kappa shape index (κ1) is 25.1. The third kappa shape index (κ3) is 5.62. The number of methoxy groups -OCH3 is 1. The Kier molecular flexibility index (Phi) is 7.10. The summed E-state index contributed by atoms with van der Waals surface area (Å²) in [5.74, 6) is -0.586. The number of halogens is 2. The first-order chi connectivity index (χ1) is 16.6. The fraction of sp³-hybridized carbons (Fsp3) is 0.360. The molecule has 0 atom stereocenters. The maximum absolute atomic E-state index is 14.9. The summed E-state index contributed by atoms with van der Waals surface area (Å²) in [6, 6.07) is 5.45. The van der Waals surface area contributed by atoms with Crippen molar-refractivity contribution in [3.63, 3.8) is 0 Å². The number of ether oxygens (including phenoxy) is 3. The van der Waals surface area contributed by atoms with E-state index in [4.69, 9.17) is 25.8 Å². The van der Waals surface area contributed by atoms with E-state index in [1.54, 1.807) is 33.0 Å². The zero-order valence-electron chi connectivity index (χ0n) is 20.1. The van der Waals surface area contributed by atoms with Crippen LogP contribution in [0.1, 0.15) is 39.2 Å². The number of aromatic nitrogens is 3. The number of benzene rings is 2. The highest BCUT2D eigenvalue weighted by molar-refractivity contribution is 7.21. The summed E-state index contributed by atoms with van der Waals surface area (Å²) in [6.45, 7) is 7.51. The molecule has 184 valence electrons. The molecular formula is C25H25ClFN3O4S. The minimum absolute atomic E-state index is 0.0144. The lowest BCUT2D eigenvalue weighted by Gasteiger charge is -2.19. The Labute approximate surface area is 211 Å². The molecule has 0 radical (unpaired) electrons. The van der Waals surface area contributed by atoms with Gasteiger partial charge in [-0.2, -0.15) is 0 Å². The molecule has 0 unspecified atom stereocenters. The first-order valence-corrected chi connectivity index (χ1v) is 12.2. The Hall–Kier alpha value is -3.04. The van der Waals surface area contributed by atoms with E-state index in [0.717, 1.165) is 11.1 Å². The van der Waals surface area contributed by atoms with Crippen LogP contribution in [0.25, 0.3) is 31.8 Å². The second-order valence-electron chi connectivity index (χ2n) is 9.00. The SMILES string of the molecule is COc1cnc2c(-c3nc4c(Cl)c(F)c(OCCCC(=O)OC(C)(C)C)cc4s3)cc(C)cc2n1. The van der Waals surface area contributed by atoms with Crippen LogP contribution >= 0.6 is 22.9 Å². The summed E-state index contributed by atoms with van der Waals surface area (Å²) in [4.78, 5) is 25.4. The highest BCUT2D eigenvalue weighted by Crippen LogP contribution is 2.40. The van der Waals surface area contributed by atoms with Gasteiger partial charge in [0.25, 0.3) is 0 Å². The molecule has 7 nitrogen and oxygen atoms in total. The zero-order chi connectivity index (χ0) is 25.3. The van der Waals surface area contributed by atoms with E-state index in [-0.39, 0.29) is 29.8 Å². The molecule has 4 aromatic rings. The maximum Gasteiger partial charge on any atom is 0.306 e. The lowest BCUT2D eigenvalue weighted by Crippen LogP contribution is -2.24. The third-order valence-electron chi connectivity index (χ3n) is 4.94. The Balaban J connectivity index is 1.60. The van der Waals surface area contributed by atoms with Crippen molar-refractivity contribution in [3.8, 4) is 22.2 Å². The summed E-state index contributed by atoms with van der Waals surface area (Å²) >= 11 is 7.68. The topological polar surface area (TPSA) is 83.4 Å². The van der Waals surface area contributed by atoms with E-state index in [9.17, 15) is 9.18 Å². The zero-order valence-corrected chi connectivity index (χ0v) is 21.6. The number of hydrogen-bond acceptors (Lipinski definition) is 8. The van der Waals surface area contributed by atoms with E-state index in [2.05, 4.69) is 15.0 Å². The van der Waals surface area contributed by atoms with Gasteiger partial charge in [-0.05, 0) is 51.8 Å². The van der Waals surface area contributed by atoms with Crippen molar-refractivity contribution in [3.05, 3.63) is 40.8 Å². The number of esters is 1. The monoisotopic (exact) mass is 517 g/mol. The largest absolute Gasteiger partial charge is 0.490 e. The Morgan fingerprint density at radius 3 is 2.66 bits per heavy atom. The van der Waals surface area contributed by atoms with Crippen LogP contribution in [0, 0.1) is 12.7 Å². The molecule has 2 aromatic carbocycles. The Morgan fingerprint density at radius 1 is 1.17 bits per heavy atom. The fourth-order valence-electron chi connectivity index (χ4n) is 3.50. The predicted octanol–water partition coefficient (Wildman–Crippen LogP) is 6.52. The number of fused-ring (bicyclic) bond motifs is 2. The van der Waals surface area contributed by atoms with E-state index in [0.29, 0.717) is 38.6 Å². The van der Waals surface area contributed by atoms with Crippen molar-refractivity contribution < 1.29 is 23.4 Å². The van der Waals surface area contributed by atoms with Gasteiger partial charge in [-0.3, -0.25) is 4.79 Å². The van der Waals surface area contributed by atoms with Crippen molar-refractivity contribution in [2.75, 3.05) is 13.7 Å². The van der Waals surface area contributed by atoms with Gasteiger partial charge >= 0.3 is 5.97 Å². The summed E-state index contributed by atoms with van der Waals surface area (Å²) in [7, 11) is 1.54. The molecule has 0 spiro atoms. The third-order valence-corrected chi connectivity index (χ3v) is 6.32. The summed E-state index contributed by atoms with van der Waals surface area (Å²) in [5.41, 5.74) is 2.87. The molecule has 0 N–H and O–H groups in total. The molecule has 10 heteroatoms. The summed E-state index contributed by atoms with van der Waals surface area (Å²) in [6.07, 6.45) is 2.10. The first-order valence-electron chi connectivity index (χ1n) is 11.0. The van der Waals surface area contributed by atoms with Gasteiger partial charge < -0.3 is 14.2 Å². The van der Waals surface area contributed by atoms with Gasteiger partial charge in [0.15, 0.2) is 11.6 Å². The second kappa shape index (κ2) is 9.91. The molecule has 0 saturated heterocycles. The number of hydrogen-bond donors (Lipinski definition) is 0. The molecule has 4 rings (SSSR count). The highest BCUT2D eigenvalue weighted by atomic mass is 35.5. The number of thiazole rings is 1. The molecule has 0 bridgehead atoms. The molecule has 0 fully saturated rings. The highest BCUT2D eigenvalue weighted by Gasteiger charge is 2.20. The smallest absolute Gasteiger partial charge is 0.306 e. The predicted molar refractivity (Wildman–Crippen MR) is 135 cm³/mol. The Bertz CT molecular complexity index is 1420. The van der Waals surface area contributed by atoms with Gasteiger partial charge in [0.2, 0.25) is 5.88 Å². The molecule has 2 aromatic heterocycles. The number of nitrogens with zero attached hydrogens (tertiary/aromatic N) is 3.